The minimum atomic E-state index is -1.35. The van der Waals surface area contributed by atoms with Crippen LogP contribution in [-0.2, 0) is 11.3 Å². The fraction of sp³-hybridized carbons (Fsp3) is 0.500. The monoisotopic (exact) mass is 244 g/mol. The first-order valence-corrected chi connectivity index (χ1v) is 4.70. The van der Waals surface area contributed by atoms with Gasteiger partial charge in [0.05, 0.1) is 13.2 Å². The number of nitrogens with zero attached hydrogens (tertiary/aromatic N) is 2. The summed E-state index contributed by atoms with van der Waals surface area (Å²) in [6.07, 6.45) is 0. The molecule has 0 aliphatic rings. The molecular weight excluding hydrogens is 232 g/mol. The number of carboxylic acid groups (broad SMARTS) is 1. The van der Waals surface area contributed by atoms with E-state index in [9.17, 15) is 9.59 Å². The van der Waals surface area contributed by atoms with Crippen LogP contribution in [0.3, 0.4) is 0 Å². The van der Waals surface area contributed by atoms with Crippen LogP contribution >= 0.6 is 0 Å². The summed E-state index contributed by atoms with van der Waals surface area (Å²) in [4.78, 5) is 25.5. The summed E-state index contributed by atoms with van der Waals surface area (Å²) in [5.41, 5.74) is 0. The van der Waals surface area contributed by atoms with Crippen molar-refractivity contribution in [3.63, 3.8) is 0 Å². The Bertz CT molecular complexity index is 404. The van der Waals surface area contributed by atoms with E-state index in [2.05, 4.69) is 20.8 Å². The standard InChI is InChI=1S/C8H12N4O5/c1-4-10-6(17-12-4)2-9-8(16)11-5(3-13)7(14)15/h5,13H,2-3H2,1H3,(H,14,15)(H2,9,11,16)/t5-/m1/s1. The van der Waals surface area contributed by atoms with Gasteiger partial charge in [0.25, 0.3) is 0 Å². The van der Waals surface area contributed by atoms with Crippen molar-refractivity contribution in [2.24, 2.45) is 0 Å². The van der Waals surface area contributed by atoms with Crippen molar-refractivity contribution < 1.29 is 24.3 Å². The molecule has 1 atom stereocenters. The van der Waals surface area contributed by atoms with Crippen LogP contribution in [0.5, 0.6) is 0 Å². The molecule has 0 aromatic carbocycles. The first-order valence-electron chi connectivity index (χ1n) is 4.70. The Kier molecular flexibility index (Phi) is 4.40. The summed E-state index contributed by atoms with van der Waals surface area (Å²) < 4.78 is 4.72. The molecule has 9 nitrogen and oxygen atoms in total. The molecule has 0 saturated heterocycles. The van der Waals surface area contributed by atoms with Crippen LogP contribution in [-0.4, -0.2) is 45.0 Å². The number of aromatic nitrogens is 2. The Morgan fingerprint density at radius 2 is 2.24 bits per heavy atom. The van der Waals surface area contributed by atoms with Gasteiger partial charge in [-0.3, -0.25) is 0 Å². The maximum atomic E-state index is 11.2. The molecule has 0 unspecified atom stereocenters. The van der Waals surface area contributed by atoms with Gasteiger partial charge in [0.15, 0.2) is 11.9 Å². The summed E-state index contributed by atoms with van der Waals surface area (Å²) in [5.74, 6) is -0.689. The van der Waals surface area contributed by atoms with E-state index < -0.39 is 24.6 Å². The zero-order valence-corrected chi connectivity index (χ0v) is 9.01. The number of aliphatic hydroxyl groups excluding tert-OH is 1. The van der Waals surface area contributed by atoms with E-state index in [1.807, 2.05) is 0 Å². The second-order valence-electron chi connectivity index (χ2n) is 3.14. The number of aliphatic hydroxyl groups is 1. The summed E-state index contributed by atoms with van der Waals surface area (Å²) in [6, 6.07) is -2.10. The number of urea groups is 1. The Hall–Kier alpha value is -2.16. The summed E-state index contributed by atoms with van der Waals surface area (Å²) >= 11 is 0. The third kappa shape index (κ3) is 4.07. The molecule has 1 aromatic heterocycles. The molecule has 0 fully saturated rings. The second-order valence-corrected chi connectivity index (χ2v) is 3.14. The highest BCUT2D eigenvalue weighted by Gasteiger charge is 2.18. The minimum Gasteiger partial charge on any atom is -0.480 e. The third-order valence-electron chi connectivity index (χ3n) is 1.76. The second kappa shape index (κ2) is 5.80. The van der Waals surface area contributed by atoms with Crippen LogP contribution in [0.2, 0.25) is 0 Å². The van der Waals surface area contributed by atoms with E-state index in [4.69, 9.17) is 14.7 Å². The SMILES string of the molecule is Cc1noc(CNC(=O)N[C@H](CO)C(=O)O)n1. The number of carbonyl (C=O) groups is 2. The number of amides is 2. The van der Waals surface area contributed by atoms with Crippen molar-refractivity contribution in [2.75, 3.05) is 6.61 Å². The van der Waals surface area contributed by atoms with Crippen molar-refractivity contribution in [3.8, 4) is 0 Å². The Labute approximate surface area is 95.8 Å². The van der Waals surface area contributed by atoms with Gasteiger partial charge in [-0.2, -0.15) is 4.98 Å². The number of nitrogens with one attached hydrogen (secondary N) is 2. The van der Waals surface area contributed by atoms with Crippen molar-refractivity contribution in [3.05, 3.63) is 11.7 Å². The van der Waals surface area contributed by atoms with E-state index in [0.717, 1.165) is 0 Å². The number of hydrogen-bond acceptors (Lipinski definition) is 6. The van der Waals surface area contributed by atoms with E-state index in [-0.39, 0.29) is 12.4 Å². The van der Waals surface area contributed by atoms with Gasteiger partial charge < -0.3 is 25.4 Å². The molecular formula is C8H12N4O5. The minimum absolute atomic E-state index is 0.0234. The predicted molar refractivity (Wildman–Crippen MR) is 52.9 cm³/mol. The molecule has 0 aliphatic carbocycles. The fourth-order valence-electron chi connectivity index (χ4n) is 0.962. The van der Waals surface area contributed by atoms with Gasteiger partial charge in [-0.15, -0.1) is 0 Å². The topological polar surface area (TPSA) is 138 Å². The highest BCUT2D eigenvalue weighted by atomic mass is 16.5. The lowest BCUT2D eigenvalue weighted by Gasteiger charge is -2.11. The Balaban J connectivity index is 2.37. The van der Waals surface area contributed by atoms with Crippen molar-refractivity contribution in [1.29, 1.82) is 0 Å². The maximum Gasteiger partial charge on any atom is 0.328 e. The van der Waals surface area contributed by atoms with Crippen LogP contribution in [0.4, 0.5) is 4.79 Å². The number of hydrogen-bond donors (Lipinski definition) is 4. The van der Waals surface area contributed by atoms with Crippen molar-refractivity contribution in [1.82, 2.24) is 20.8 Å². The van der Waals surface area contributed by atoms with Gasteiger partial charge in [0.2, 0.25) is 5.89 Å². The third-order valence-corrected chi connectivity index (χ3v) is 1.76. The van der Waals surface area contributed by atoms with Crippen molar-refractivity contribution >= 4 is 12.0 Å². The Morgan fingerprint density at radius 3 is 2.71 bits per heavy atom. The van der Waals surface area contributed by atoms with Gasteiger partial charge in [-0.25, -0.2) is 9.59 Å². The normalized spacial score (nSPS) is 11.9. The van der Waals surface area contributed by atoms with Crippen LogP contribution in [0, 0.1) is 6.92 Å². The molecule has 9 heteroatoms. The number of carboxylic acids is 1. The molecule has 1 rings (SSSR count). The number of aryl methyl sites for hydroxylation is 1. The summed E-state index contributed by atoms with van der Waals surface area (Å²) in [7, 11) is 0. The predicted octanol–water partition coefficient (Wildman–Crippen LogP) is -1.38. The van der Waals surface area contributed by atoms with Gasteiger partial charge >= 0.3 is 12.0 Å². The molecule has 17 heavy (non-hydrogen) atoms. The molecule has 1 aromatic rings. The van der Waals surface area contributed by atoms with Gasteiger partial charge in [0, 0.05) is 0 Å². The van der Waals surface area contributed by atoms with Crippen LogP contribution in [0.15, 0.2) is 4.52 Å². The van der Waals surface area contributed by atoms with Crippen molar-refractivity contribution in [2.45, 2.75) is 19.5 Å². The van der Waals surface area contributed by atoms with E-state index >= 15 is 0 Å². The average molecular weight is 244 g/mol. The summed E-state index contributed by atoms with van der Waals surface area (Å²) in [6.45, 7) is 0.909. The zero-order chi connectivity index (χ0) is 12.8. The van der Waals surface area contributed by atoms with Gasteiger partial charge in [-0.05, 0) is 6.92 Å². The van der Waals surface area contributed by atoms with Gasteiger partial charge in [0.1, 0.15) is 0 Å². The highest BCUT2D eigenvalue weighted by Crippen LogP contribution is 1.94. The van der Waals surface area contributed by atoms with Crippen LogP contribution < -0.4 is 10.6 Å². The lowest BCUT2D eigenvalue weighted by Crippen LogP contribution is -2.47. The van der Waals surface area contributed by atoms with Gasteiger partial charge in [-0.1, -0.05) is 5.16 Å². The summed E-state index contributed by atoms with van der Waals surface area (Å²) in [5, 5.41) is 25.1. The highest BCUT2D eigenvalue weighted by molar-refractivity contribution is 5.82. The lowest BCUT2D eigenvalue weighted by molar-refractivity contribution is -0.140. The first-order chi connectivity index (χ1) is 8.02. The zero-order valence-electron chi connectivity index (χ0n) is 9.01. The molecule has 94 valence electrons. The average Bonchev–Trinajstić information content (AvgIpc) is 2.68. The molecule has 1 heterocycles. The van der Waals surface area contributed by atoms with E-state index in [0.29, 0.717) is 5.82 Å². The number of carbonyl (C=O) groups excluding carboxylic acids is 1. The molecule has 2 amide bonds. The molecule has 0 saturated carbocycles. The lowest BCUT2D eigenvalue weighted by atomic mass is 10.3. The molecule has 0 radical (unpaired) electrons. The first kappa shape index (κ1) is 12.9. The largest absolute Gasteiger partial charge is 0.480 e. The van der Waals surface area contributed by atoms with Crippen LogP contribution in [0.25, 0.3) is 0 Å². The number of aliphatic carboxylic acids is 1. The molecule has 0 aliphatic heterocycles. The smallest absolute Gasteiger partial charge is 0.328 e. The van der Waals surface area contributed by atoms with E-state index in [1.54, 1.807) is 6.92 Å². The van der Waals surface area contributed by atoms with Crippen LogP contribution in [0.1, 0.15) is 11.7 Å². The number of rotatable bonds is 5. The Morgan fingerprint density at radius 1 is 1.53 bits per heavy atom. The quantitative estimate of drug-likeness (QED) is 0.501. The fourth-order valence-corrected chi connectivity index (χ4v) is 0.962. The molecule has 4 N–H and O–H groups in total. The molecule has 0 spiro atoms. The molecule has 0 bridgehead atoms. The van der Waals surface area contributed by atoms with E-state index in [1.165, 1.54) is 0 Å². The maximum absolute atomic E-state index is 11.2.